The largest absolute Gasteiger partial charge is 0.448 e. The Bertz CT molecular complexity index is 1040. The van der Waals surface area contributed by atoms with Gasteiger partial charge in [0.05, 0.1) is 11.9 Å². The molecule has 4 rings (SSSR count). The van der Waals surface area contributed by atoms with Crippen LogP contribution >= 0.6 is 15.9 Å². The Morgan fingerprint density at radius 2 is 1.63 bits per heavy atom. The Morgan fingerprint density at radius 1 is 1.00 bits per heavy atom. The topological polar surface area (TPSA) is 85.5 Å². The van der Waals surface area contributed by atoms with Crippen molar-refractivity contribution in [3.63, 3.8) is 0 Å². The van der Waals surface area contributed by atoms with E-state index in [2.05, 4.69) is 45.2 Å². The van der Waals surface area contributed by atoms with Gasteiger partial charge < -0.3 is 10.5 Å². The molecule has 1 heterocycles. The highest BCUT2D eigenvalue weighted by Gasteiger charge is 2.30. The van der Waals surface area contributed by atoms with E-state index in [4.69, 9.17) is 10.5 Å². The third kappa shape index (κ3) is 4.07. The van der Waals surface area contributed by atoms with E-state index < -0.39 is 12.0 Å². The number of hydrogen-bond acceptors (Lipinski definition) is 4. The molecule has 7 heteroatoms. The predicted molar refractivity (Wildman–Crippen MR) is 118 cm³/mol. The van der Waals surface area contributed by atoms with Crippen LogP contribution in [0.4, 0.5) is 10.5 Å². The first-order valence-electron chi connectivity index (χ1n) is 9.57. The molecule has 0 bridgehead atoms. The molecular formula is C23H20BrN3O3. The van der Waals surface area contributed by atoms with Gasteiger partial charge in [-0.15, -0.1) is 0 Å². The van der Waals surface area contributed by atoms with Gasteiger partial charge in [-0.2, -0.15) is 0 Å². The Kier molecular flexibility index (Phi) is 5.81. The summed E-state index contributed by atoms with van der Waals surface area (Å²) in [5, 5.41) is 0. The van der Waals surface area contributed by atoms with Crippen molar-refractivity contribution in [2.45, 2.75) is 12.3 Å². The summed E-state index contributed by atoms with van der Waals surface area (Å²) < 4.78 is 6.36. The Morgan fingerprint density at radius 3 is 2.20 bits per heavy atom. The highest BCUT2D eigenvalue weighted by molar-refractivity contribution is 9.10. The number of nitrogens with two attached hydrogens (primary N) is 1. The molecule has 0 saturated carbocycles. The minimum absolute atomic E-state index is 0.0280. The summed E-state index contributed by atoms with van der Waals surface area (Å²) in [4.78, 5) is 29.8. The summed E-state index contributed by atoms with van der Waals surface area (Å²) >= 11 is 3.28. The fourth-order valence-corrected chi connectivity index (χ4v) is 3.98. The van der Waals surface area contributed by atoms with Crippen molar-refractivity contribution in [1.82, 2.24) is 4.98 Å². The molecule has 2 N–H and O–H groups in total. The number of fused-ring (bicyclic) bond motifs is 3. The maximum Gasteiger partial charge on any atom is 0.414 e. The standard InChI is InChI=1S/C23H20BrN3O3/c24-21-10-9-15(13-26-21)27(12-11-22(25)28)23(29)30-14-20-18-7-3-1-5-16(18)17-6-2-4-8-19(17)20/h1-10,13,20H,11-12,14H2,(H2,25,28). The molecule has 0 atom stereocenters. The number of hydrogen-bond donors (Lipinski definition) is 1. The Balaban J connectivity index is 1.54. The van der Waals surface area contributed by atoms with Crippen LogP contribution in [0.25, 0.3) is 11.1 Å². The van der Waals surface area contributed by atoms with Crippen LogP contribution in [0.1, 0.15) is 23.5 Å². The molecule has 0 saturated heterocycles. The molecule has 2 aromatic carbocycles. The summed E-state index contributed by atoms with van der Waals surface area (Å²) in [6.07, 6.45) is 1.04. The highest BCUT2D eigenvalue weighted by Crippen LogP contribution is 2.44. The van der Waals surface area contributed by atoms with Crippen molar-refractivity contribution in [1.29, 1.82) is 0 Å². The monoisotopic (exact) mass is 465 g/mol. The minimum atomic E-state index is -0.540. The molecule has 6 nitrogen and oxygen atoms in total. The van der Waals surface area contributed by atoms with Crippen LogP contribution in [0.15, 0.2) is 71.5 Å². The first-order valence-corrected chi connectivity index (χ1v) is 10.4. The maximum atomic E-state index is 12.9. The molecule has 0 unspecified atom stereocenters. The lowest BCUT2D eigenvalue weighted by Crippen LogP contribution is -2.35. The molecule has 30 heavy (non-hydrogen) atoms. The van der Waals surface area contributed by atoms with Gasteiger partial charge in [0.2, 0.25) is 5.91 Å². The van der Waals surface area contributed by atoms with E-state index in [9.17, 15) is 9.59 Å². The number of halogens is 1. The lowest BCUT2D eigenvalue weighted by atomic mass is 9.98. The van der Waals surface area contributed by atoms with E-state index in [-0.39, 0.29) is 25.5 Å². The Hall–Kier alpha value is -3.19. The Labute approximate surface area is 182 Å². The zero-order valence-corrected chi connectivity index (χ0v) is 17.7. The van der Waals surface area contributed by atoms with Gasteiger partial charge in [0, 0.05) is 18.9 Å². The zero-order chi connectivity index (χ0) is 21.1. The number of primary amides is 1. The number of aromatic nitrogens is 1. The lowest BCUT2D eigenvalue weighted by Gasteiger charge is -2.23. The van der Waals surface area contributed by atoms with Crippen molar-refractivity contribution in [3.8, 4) is 11.1 Å². The van der Waals surface area contributed by atoms with Gasteiger partial charge in [-0.3, -0.25) is 9.69 Å². The third-order valence-electron chi connectivity index (χ3n) is 5.16. The second kappa shape index (κ2) is 8.67. The number of anilines is 1. The van der Waals surface area contributed by atoms with Crippen LogP contribution in [0.5, 0.6) is 0 Å². The van der Waals surface area contributed by atoms with Gasteiger partial charge >= 0.3 is 6.09 Å². The van der Waals surface area contributed by atoms with E-state index in [1.54, 1.807) is 18.3 Å². The quantitative estimate of drug-likeness (QED) is 0.543. The van der Waals surface area contributed by atoms with Crippen LogP contribution in [0.3, 0.4) is 0 Å². The molecule has 0 aliphatic heterocycles. The normalized spacial score (nSPS) is 12.2. The van der Waals surface area contributed by atoms with Crippen LogP contribution in [-0.4, -0.2) is 30.1 Å². The lowest BCUT2D eigenvalue weighted by molar-refractivity contribution is -0.117. The summed E-state index contributed by atoms with van der Waals surface area (Å²) in [7, 11) is 0. The number of amides is 2. The van der Waals surface area contributed by atoms with Crippen molar-refractivity contribution in [2.24, 2.45) is 5.73 Å². The van der Waals surface area contributed by atoms with Gasteiger partial charge in [-0.25, -0.2) is 9.78 Å². The fourth-order valence-electron chi connectivity index (χ4n) is 3.75. The number of ether oxygens (including phenoxy) is 1. The van der Waals surface area contributed by atoms with Crippen LogP contribution in [0.2, 0.25) is 0 Å². The highest BCUT2D eigenvalue weighted by atomic mass is 79.9. The molecule has 1 aromatic heterocycles. The molecule has 152 valence electrons. The number of rotatable bonds is 6. The average molecular weight is 466 g/mol. The SMILES string of the molecule is NC(=O)CCN(C(=O)OCC1c2ccccc2-c2ccccc21)c1ccc(Br)nc1. The van der Waals surface area contributed by atoms with Crippen LogP contribution < -0.4 is 10.6 Å². The van der Waals surface area contributed by atoms with Crippen LogP contribution in [-0.2, 0) is 9.53 Å². The number of carbonyl (C=O) groups is 2. The zero-order valence-electron chi connectivity index (χ0n) is 16.1. The molecule has 1 aliphatic rings. The summed E-state index contributed by atoms with van der Waals surface area (Å²) in [6, 6.07) is 19.8. The first kappa shape index (κ1) is 20.1. The molecular weight excluding hydrogens is 446 g/mol. The molecule has 2 amide bonds. The molecule has 0 spiro atoms. The number of nitrogens with zero attached hydrogens (tertiary/aromatic N) is 2. The van der Waals surface area contributed by atoms with E-state index in [0.29, 0.717) is 10.3 Å². The number of benzene rings is 2. The molecule has 0 fully saturated rings. The van der Waals surface area contributed by atoms with E-state index in [1.807, 2.05) is 24.3 Å². The van der Waals surface area contributed by atoms with Crippen molar-refractivity contribution >= 4 is 33.6 Å². The van der Waals surface area contributed by atoms with E-state index >= 15 is 0 Å². The summed E-state index contributed by atoms with van der Waals surface area (Å²) in [5.41, 5.74) is 10.4. The van der Waals surface area contributed by atoms with Crippen LogP contribution in [0, 0.1) is 0 Å². The third-order valence-corrected chi connectivity index (χ3v) is 5.63. The molecule has 0 radical (unpaired) electrons. The van der Waals surface area contributed by atoms with Crippen molar-refractivity contribution in [2.75, 3.05) is 18.1 Å². The summed E-state index contributed by atoms with van der Waals surface area (Å²) in [6.45, 7) is 0.319. The molecule has 3 aromatic rings. The van der Waals surface area contributed by atoms with Crippen molar-refractivity contribution < 1.29 is 14.3 Å². The van der Waals surface area contributed by atoms with Crippen molar-refractivity contribution in [3.05, 3.63) is 82.6 Å². The summed E-state index contributed by atoms with van der Waals surface area (Å²) in [5.74, 6) is -0.529. The van der Waals surface area contributed by atoms with Gasteiger partial charge in [0.15, 0.2) is 0 Å². The van der Waals surface area contributed by atoms with Gasteiger partial charge in [-0.1, -0.05) is 48.5 Å². The second-order valence-electron chi connectivity index (χ2n) is 7.01. The molecule has 1 aliphatic carbocycles. The second-order valence-corrected chi connectivity index (χ2v) is 7.82. The van der Waals surface area contributed by atoms with E-state index in [1.165, 1.54) is 4.90 Å². The number of carbonyl (C=O) groups excluding carboxylic acids is 2. The minimum Gasteiger partial charge on any atom is -0.448 e. The van der Waals surface area contributed by atoms with Gasteiger partial charge in [-0.05, 0) is 50.3 Å². The first-order chi connectivity index (χ1) is 14.5. The van der Waals surface area contributed by atoms with Gasteiger partial charge in [0.25, 0.3) is 0 Å². The average Bonchev–Trinajstić information content (AvgIpc) is 3.07. The van der Waals surface area contributed by atoms with Gasteiger partial charge in [0.1, 0.15) is 11.2 Å². The predicted octanol–water partition coefficient (Wildman–Crippen LogP) is 4.48. The number of pyridine rings is 1. The maximum absolute atomic E-state index is 12.9. The fraction of sp³-hybridized carbons (Fsp3) is 0.174. The van der Waals surface area contributed by atoms with E-state index in [0.717, 1.165) is 22.3 Å². The smallest absolute Gasteiger partial charge is 0.414 e.